The van der Waals surface area contributed by atoms with Crippen molar-refractivity contribution in [2.24, 2.45) is 0 Å². The van der Waals surface area contributed by atoms with Gasteiger partial charge < -0.3 is 27.0 Å². The van der Waals surface area contributed by atoms with Gasteiger partial charge in [-0.1, -0.05) is 26.7 Å². The van der Waals surface area contributed by atoms with Gasteiger partial charge in [-0.15, -0.1) is 12.4 Å². The average molecular weight is 643 g/mol. The number of sulfonamides is 1. The molecule has 0 atom stereocenters. The second-order valence-electron chi connectivity index (χ2n) is 8.74. The van der Waals surface area contributed by atoms with Crippen LogP contribution in [0.3, 0.4) is 0 Å². The summed E-state index contributed by atoms with van der Waals surface area (Å²) in [5, 5.41) is 2.03. The molecule has 4 aromatic rings. The van der Waals surface area contributed by atoms with E-state index in [-0.39, 0.29) is 24.8 Å². The van der Waals surface area contributed by atoms with E-state index in [2.05, 4.69) is 35.3 Å². The SMILES string of the molecule is CCCCc1cc2cc(N)ccc2o1.CCCCc1cc2cc(NS(C)(=O)=O)ccc2o1.CS(=O)(=O)Cl.Cl.[Cl-]. The van der Waals surface area contributed by atoms with Crippen LogP contribution < -0.4 is 22.9 Å². The van der Waals surface area contributed by atoms with Crippen LogP contribution in [0.4, 0.5) is 11.4 Å². The van der Waals surface area contributed by atoms with Crippen molar-refractivity contribution in [2.45, 2.75) is 52.4 Å². The summed E-state index contributed by atoms with van der Waals surface area (Å²) in [7, 11) is -1.93. The van der Waals surface area contributed by atoms with Gasteiger partial charge in [-0.05, 0) is 61.4 Å². The number of nitrogens with two attached hydrogens (primary N) is 1. The van der Waals surface area contributed by atoms with E-state index in [4.69, 9.17) is 14.6 Å². The standard InChI is InChI=1S/C13H17NO3S.C12H15NO.CH3ClO2S.2ClH/c1-3-4-5-12-9-10-8-11(14-18(2,15)16)6-7-13(10)17-12;1-2-3-4-11-8-9-7-10(13)5-6-12(9)14-11;1-5(2,3)4;;/h6-9,14H,3-5H2,1-2H3;5-8H,2-4,13H2,1H3;1H3;2*1H/p-1. The molecular formula is C26H36Cl3N2O6S2-. The fourth-order valence-electron chi connectivity index (χ4n) is 3.44. The van der Waals surface area contributed by atoms with Crippen LogP contribution in [0.25, 0.3) is 21.9 Å². The van der Waals surface area contributed by atoms with Gasteiger partial charge >= 0.3 is 0 Å². The number of anilines is 2. The Morgan fingerprint density at radius 2 is 1.23 bits per heavy atom. The first-order valence-electron chi connectivity index (χ1n) is 11.9. The molecule has 0 amide bonds. The molecule has 220 valence electrons. The quantitative estimate of drug-likeness (QED) is 0.218. The summed E-state index contributed by atoms with van der Waals surface area (Å²) in [6, 6.07) is 15.1. The molecule has 2 aromatic carbocycles. The molecule has 0 aliphatic heterocycles. The molecule has 0 fully saturated rings. The molecule has 0 spiro atoms. The largest absolute Gasteiger partial charge is 1.00 e. The molecule has 4 rings (SSSR count). The summed E-state index contributed by atoms with van der Waals surface area (Å²) in [5.74, 6) is 2.01. The van der Waals surface area contributed by atoms with Gasteiger partial charge in [-0.3, -0.25) is 4.72 Å². The zero-order chi connectivity index (χ0) is 27.6. The van der Waals surface area contributed by atoms with Gasteiger partial charge in [0.1, 0.15) is 22.7 Å². The summed E-state index contributed by atoms with van der Waals surface area (Å²) >= 11 is 0. The highest BCUT2D eigenvalue weighted by Gasteiger charge is 2.07. The number of hydrogen-bond acceptors (Lipinski definition) is 7. The summed E-state index contributed by atoms with van der Waals surface area (Å²) in [6.45, 7) is 4.32. The molecule has 2 aromatic heterocycles. The molecule has 0 unspecified atom stereocenters. The highest BCUT2D eigenvalue weighted by atomic mass is 35.7. The maximum atomic E-state index is 11.1. The molecule has 13 heteroatoms. The zero-order valence-electron chi connectivity index (χ0n) is 22.4. The number of nitrogens with one attached hydrogen (secondary N) is 1. The summed E-state index contributed by atoms with van der Waals surface area (Å²) < 4.78 is 54.9. The molecule has 3 N–H and O–H groups in total. The predicted molar refractivity (Wildman–Crippen MR) is 160 cm³/mol. The van der Waals surface area contributed by atoms with Gasteiger partial charge in [0.2, 0.25) is 19.1 Å². The van der Waals surface area contributed by atoms with Gasteiger partial charge in [-0.25, -0.2) is 16.8 Å². The normalized spacial score (nSPS) is 10.9. The Morgan fingerprint density at radius 1 is 0.795 bits per heavy atom. The van der Waals surface area contributed by atoms with Crippen LogP contribution in [0.2, 0.25) is 0 Å². The van der Waals surface area contributed by atoms with E-state index in [1.807, 2.05) is 24.3 Å². The Labute approximate surface area is 247 Å². The number of fused-ring (bicyclic) bond motifs is 2. The highest BCUT2D eigenvalue weighted by Crippen LogP contribution is 2.25. The molecule has 0 aliphatic carbocycles. The molecule has 0 saturated heterocycles. The van der Waals surface area contributed by atoms with Gasteiger partial charge in [-0.2, -0.15) is 0 Å². The Kier molecular flexibility index (Phi) is 16.0. The van der Waals surface area contributed by atoms with E-state index in [9.17, 15) is 16.8 Å². The second-order valence-corrected chi connectivity index (χ2v) is 13.5. The second kappa shape index (κ2) is 16.9. The third kappa shape index (κ3) is 14.7. The Hall–Kier alpha value is -2.11. The summed E-state index contributed by atoms with van der Waals surface area (Å²) in [4.78, 5) is 0. The van der Waals surface area contributed by atoms with E-state index >= 15 is 0 Å². The number of rotatable bonds is 8. The number of halogens is 3. The topological polar surface area (TPSA) is 133 Å². The lowest BCUT2D eigenvalue weighted by Crippen LogP contribution is -3.00. The fourth-order valence-corrected chi connectivity index (χ4v) is 4.00. The van der Waals surface area contributed by atoms with Gasteiger partial charge in [0.05, 0.1) is 12.5 Å². The first-order valence-corrected chi connectivity index (χ1v) is 16.6. The van der Waals surface area contributed by atoms with Crippen LogP contribution in [0, 0.1) is 0 Å². The molecule has 8 nitrogen and oxygen atoms in total. The van der Waals surface area contributed by atoms with Crippen molar-refractivity contribution in [3.63, 3.8) is 0 Å². The molecule has 0 radical (unpaired) electrons. The van der Waals surface area contributed by atoms with Crippen LogP contribution in [-0.2, 0) is 31.9 Å². The minimum Gasteiger partial charge on any atom is -1.00 e. The van der Waals surface area contributed by atoms with Crippen LogP contribution in [0.1, 0.15) is 51.1 Å². The van der Waals surface area contributed by atoms with Crippen molar-refractivity contribution in [3.8, 4) is 0 Å². The molecule has 0 saturated carbocycles. The minimum atomic E-state index is -3.23. The van der Waals surface area contributed by atoms with Crippen molar-refractivity contribution >= 4 is 75.5 Å². The van der Waals surface area contributed by atoms with Gasteiger partial charge in [0.15, 0.2) is 0 Å². The zero-order valence-corrected chi connectivity index (χ0v) is 26.3. The third-order valence-electron chi connectivity index (χ3n) is 5.02. The lowest BCUT2D eigenvalue weighted by molar-refractivity contribution is -0.0000138. The summed E-state index contributed by atoms with van der Waals surface area (Å²) in [6.07, 6.45) is 8.58. The Balaban J connectivity index is 0.000000617. The average Bonchev–Trinajstić information content (AvgIpc) is 3.37. The number of aryl methyl sites for hydroxylation is 2. The van der Waals surface area contributed by atoms with Crippen molar-refractivity contribution in [3.05, 3.63) is 60.1 Å². The first-order chi connectivity index (χ1) is 17.3. The molecule has 0 aliphatic rings. The van der Waals surface area contributed by atoms with E-state index in [0.717, 1.165) is 77.3 Å². The van der Waals surface area contributed by atoms with E-state index in [0.29, 0.717) is 5.69 Å². The lowest BCUT2D eigenvalue weighted by atomic mass is 10.2. The van der Waals surface area contributed by atoms with Crippen LogP contribution >= 0.6 is 23.1 Å². The maximum absolute atomic E-state index is 11.1. The van der Waals surface area contributed by atoms with Crippen LogP contribution in [-0.4, -0.2) is 29.3 Å². The molecule has 39 heavy (non-hydrogen) atoms. The van der Waals surface area contributed by atoms with Crippen LogP contribution in [0.15, 0.2) is 57.4 Å². The Bertz CT molecular complexity index is 1510. The number of benzene rings is 2. The van der Waals surface area contributed by atoms with E-state index in [1.54, 1.807) is 18.2 Å². The molecule has 0 bridgehead atoms. The third-order valence-corrected chi connectivity index (χ3v) is 5.62. The first kappa shape index (κ1) is 36.9. The number of hydrogen-bond donors (Lipinski definition) is 2. The van der Waals surface area contributed by atoms with E-state index < -0.39 is 19.1 Å². The van der Waals surface area contributed by atoms with Crippen molar-refractivity contribution in [1.82, 2.24) is 0 Å². The highest BCUT2D eigenvalue weighted by molar-refractivity contribution is 8.13. The number of nitrogen functional groups attached to an aromatic ring is 1. The van der Waals surface area contributed by atoms with Crippen molar-refractivity contribution in [1.29, 1.82) is 0 Å². The molecular weight excluding hydrogens is 607 g/mol. The maximum Gasteiger partial charge on any atom is 0.229 e. The number of unbranched alkanes of at least 4 members (excludes halogenated alkanes) is 2. The number of furan rings is 2. The minimum absolute atomic E-state index is 0. The van der Waals surface area contributed by atoms with E-state index in [1.165, 1.54) is 12.8 Å². The lowest BCUT2D eigenvalue weighted by Gasteiger charge is -2.02. The predicted octanol–water partition coefficient (Wildman–Crippen LogP) is 4.12. The monoisotopic (exact) mass is 641 g/mol. The fraction of sp³-hybridized carbons (Fsp3) is 0.385. The van der Waals surface area contributed by atoms with Gasteiger partial charge in [0, 0.05) is 45.7 Å². The Morgan fingerprint density at radius 3 is 1.67 bits per heavy atom. The van der Waals surface area contributed by atoms with Crippen molar-refractivity contribution in [2.75, 3.05) is 23.0 Å². The smallest absolute Gasteiger partial charge is 0.229 e. The van der Waals surface area contributed by atoms with Gasteiger partial charge in [0.25, 0.3) is 0 Å². The van der Waals surface area contributed by atoms with Crippen molar-refractivity contribution < 1.29 is 38.1 Å². The summed E-state index contributed by atoms with van der Waals surface area (Å²) in [5.41, 5.74) is 8.77. The van der Waals surface area contributed by atoms with Crippen LogP contribution in [0.5, 0.6) is 0 Å². The molecule has 2 heterocycles.